The second-order valence-electron chi connectivity index (χ2n) is 13.5. The Morgan fingerprint density at radius 2 is 1.48 bits per heavy atom. The number of hydrogen-bond acceptors (Lipinski definition) is 10. The van der Waals surface area contributed by atoms with Crippen LogP contribution in [0.2, 0.25) is 0 Å². The first kappa shape index (κ1) is 37.9. The molecule has 2 aromatic heterocycles. The average Bonchev–Trinajstić information content (AvgIpc) is 3.78. The van der Waals surface area contributed by atoms with E-state index in [-0.39, 0.29) is 42.0 Å². The van der Waals surface area contributed by atoms with E-state index in [1.807, 2.05) is 84.9 Å². The minimum absolute atomic E-state index is 0.0223. The zero-order valence-electron chi connectivity index (χ0n) is 31.7. The number of carbonyl (C=O) groups is 1. The zero-order chi connectivity index (χ0) is 39.4. The van der Waals surface area contributed by atoms with Crippen LogP contribution in [0, 0.1) is 0 Å². The average molecular weight is 758 g/mol. The Kier molecular flexibility index (Phi) is 11.0. The predicted octanol–water partition coefficient (Wildman–Crippen LogP) is 5.70. The highest BCUT2D eigenvalue weighted by molar-refractivity contribution is 5.98. The smallest absolute Gasteiger partial charge is 0.280 e. The van der Waals surface area contributed by atoms with Crippen molar-refractivity contribution in [3.63, 3.8) is 0 Å². The molecule has 1 amide bonds. The molecular formula is C42H43N7O7. The number of hydrogen-bond donors (Lipinski definition) is 2. The van der Waals surface area contributed by atoms with Gasteiger partial charge in [-0.25, -0.2) is 9.98 Å². The number of ether oxygens (including phenoxy) is 4. The third-order valence-corrected chi connectivity index (χ3v) is 9.59. The maximum absolute atomic E-state index is 13.5. The lowest BCUT2D eigenvalue weighted by molar-refractivity contribution is -0.116. The molecule has 0 saturated carbocycles. The third-order valence-electron chi connectivity index (χ3n) is 9.59. The van der Waals surface area contributed by atoms with Gasteiger partial charge in [-0.05, 0) is 53.1 Å². The molecule has 2 N–H and O–H groups in total. The summed E-state index contributed by atoms with van der Waals surface area (Å²) in [6.07, 6.45) is -1.23. The molecule has 7 rings (SSSR count). The van der Waals surface area contributed by atoms with Gasteiger partial charge in [0.05, 0.1) is 39.0 Å². The van der Waals surface area contributed by atoms with Crippen LogP contribution in [0.5, 0.6) is 11.5 Å². The number of methoxy groups -OCH3 is 2. The lowest BCUT2D eigenvalue weighted by Crippen LogP contribution is -2.38. The number of imidazole rings is 1. The second-order valence-corrected chi connectivity index (χ2v) is 13.5. The zero-order valence-corrected chi connectivity index (χ0v) is 31.7. The van der Waals surface area contributed by atoms with Gasteiger partial charge in [0.2, 0.25) is 17.8 Å². The largest absolute Gasteiger partial charge is 0.497 e. The number of para-hydroxylation sites is 1. The van der Waals surface area contributed by atoms with Crippen LogP contribution in [0.15, 0.2) is 119 Å². The summed E-state index contributed by atoms with van der Waals surface area (Å²) < 4.78 is 26.3. The van der Waals surface area contributed by atoms with Crippen molar-refractivity contribution in [2.45, 2.75) is 37.4 Å². The van der Waals surface area contributed by atoms with Gasteiger partial charge in [-0.2, -0.15) is 4.98 Å². The fourth-order valence-corrected chi connectivity index (χ4v) is 6.93. The number of nitrogens with zero attached hydrogens (tertiary/aromatic N) is 6. The number of aromatic amines is 1. The molecule has 0 bridgehead atoms. The molecule has 0 radical (unpaired) electrons. The number of H-pyrrole nitrogens is 1. The molecule has 3 heterocycles. The molecule has 0 aliphatic carbocycles. The molecule has 6 aromatic rings. The third kappa shape index (κ3) is 7.37. The maximum Gasteiger partial charge on any atom is 0.280 e. The summed E-state index contributed by atoms with van der Waals surface area (Å²) >= 11 is 0. The number of benzene rings is 4. The van der Waals surface area contributed by atoms with Crippen molar-refractivity contribution >= 4 is 41.0 Å². The van der Waals surface area contributed by atoms with Crippen LogP contribution in [0.3, 0.4) is 0 Å². The summed E-state index contributed by atoms with van der Waals surface area (Å²) in [5.41, 5.74) is 1.38. The molecule has 4 aromatic carbocycles. The summed E-state index contributed by atoms with van der Waals surface area (Å²) in [5.74, 6) is 1.14. The Balaban J connectivity index is 1.32. The highest BCUT2D eigenvalue weighted by Crippen LogP contribution is 2.43. The van der Waals surface area contributed by atoms with Crippen LogP contribution >= 0.6 is 0 Å². The number of aliphatic hydroxyl groups excluding tert-OH is 1. The standard InChI is InChI=1S/C42H43N7O7/c1-27(50)48(31-14-10-7-11-15-31)41-44-37-38(45-40(46-39(37)52)43-26-47(2)3)49(41)36-24-34(51)35(56-36)25-55-42(28-12-8-6-9-13-28,29-16-20-32(53-4)21-17-29)30-18-22-33(54-5)23-19-30/h6-23,26,34-36,51H,24-25H2,1-5H3,(H,45,46,52)/b43-26+/t34-,35+,36+/m0/s1. The number of aromatic nitrogens is 4. The monoisotopic (exact) mass is 757 g/mol. The minimum Gasteiger partial charge on any atom is -0.497 e. The summed E-state index contributed by atoms with van der Waals surface area (Å²) in [4.78, 5) is 46.2. The molecule has 0 unspecified atom stereocenters. The van der Waals surface area contributed by atoms with Crippen LogP contribution in [0.1, 0.15) is 36.3 Å². The van der Waals surface area contributed by atoms with Crippen molar-refractivity contribution in [3.05, 3.63) is 136 Å². The molecule has 3 atom stereocenters. The molecule has 1 saturated heterocycles. The SMILES string of the molecule is COc1ccc(C(OC[C@H]2O[C@@H](n3c(N(C(C)=O)c4ccccc4)nc4c(=O)[nH]c(/N=C/N(C)C)nc43)C[C@@H]2O)(c2ccccc2)c2ccc(OC)cc2)cc1. The van der Waals surface area contributed by atoms with Crippen LogP contribution in [-0.4, -0.2) is 88.9 Å². The van der Waals surface area contributed by atoms with Crippen molar-refractivity contribution in [2.75, 3.05) is 39.8 Å². The van der Waals surface area contributed by atoms with Gasteiger partial charge in [-0.15, -0.1) is 0 Å². The molecule has 1 fully saturated rings. The summed E-state index contributed by atoms with van der Waals surface area (Å²) in [7, 11) is 6.81. The predicted molar refractivity (Wildman–Crippen MR) is 212 cm³/mol. The molecule has 1 aliphatic heterocycles. The van der Waals surface area contributed by atoms with Crippen molar-refractivity contribution in [1.82, 2.24) is 24.4 Å². The second kappa shape index (κ2) is 16.2. The number of rotatable bonds is 13. The number of anilines is 2. The Hall–Kier alpha value is -6.35. The Morgan fingerprint density at radius 3 is 2.04 bits per heavy atom. The molecular weight excluding hydrogens is 715 g/mol. The van der Waals surface area contributed by atoms with Crippen molar-refractivity contribution < 1.29 is 28.8 Å². The van der Waals surface area contributed by atoms with E-state index in [4.69, 9.17) is 18.9 Å². The van der Waals surface area contributed by atoms with E-state index in [2.05, 4.69) is 19.9 Å². The highest BCUT2D eigenvalue weighted by Gasteiger charge is 2.43. The number of aliphatic hydroxyl groups is 1. The molecule has 14 nitrogen and oxygen atoms in total. The lowest BCUT2D eigenvalue weighted by Gasteiger charge is -2.37. The Bertz CT molecular complexity index is 2320. The van der Waals surface area contributed by atoms with E-state index in [0.717, 1.165) is 16.7 Å². The lowest BCUT2D eigenvalue weighted by atomic mass is 9.80. The van der Waals surface area contributed by atoms with Crippen molar-refractivity contribution in [3.8, 4) is 11.5 Å². The van der Waals surface area contributed by atoms with Gasteiger partial charge in [0.15, 0.2) is 11.2 Å². The van der Waals surface area contributed by atoms with Gasteiger partial charge in [-0.1, -0.05) is 72.8 Å². The van der Waals surface area contributed by atoms with Crippen LogP contribution < -0.4 is 19.9 Å². The van der Waals surface area contributed by atoms with Gasteiger partial charge >= 0.3 is 0 Å². The molecule has 288 valence electrons. The normalized spacial score (nSPS) is 17.0. The minimum atomic E-state index is -1.17. The fraction of sp³-hybridized carbons (Fsp3) is 0.262. The summed E-state index contributed by atoms with van der Waals surface area (Å²) in [6, 6.07) is 34.1. The molecule has 56 heavy (non-hydrogen) atoms. The quantitative estimate of drug-likeness (QED) is 0.0852. The topological polar surface area (TPSA) is 157 Å². The van der Waals surface area contributed by atoms with Gasteiger partial charge < -0.3 is 29.0 Å². The molecule has 1 aliphatic rings. The Morgan fingerprint density at radius 1 is 0.911 bits per heavy atom. The maximum atomic E-state index is 13.5. The van der Waals surface area contributed by atoms with Gasteiger partial charge in [0.1, 0.15) is 29.4 Å². The van der Waals surface area contributed by atoms with E-state index in [0.29, 0.717) is 17.2 Å². The van der Waals surface area contributed by atoms with Gasteiger partial charge in [0, 0.05) is 27.4 Å². The van der Waals surface area contributed by atoms with E-state index in [9.17, 15) is 14.7 Å². The first-order chi connectivity index (χ1) is 27.1. The number of fused-ring (bicyclic) bond motifs is 1. The number of carbonyl (C=O) groups excluding carboxylic acids is 1. The number of amides is 1. The van der Waals surface area contributed by atoms with E-state index in [1.54, 1.807) is 62.0 Å². The van der Waals surface area contributed by atoms with Gasteiger partial charge in [-0.3, -0.25) is 24.0 Å². The fourth-order valence-electron chi connectivity index (χ4n) is 6.93. The highest BCUT2D eigenvalue weighted by atomic mass is 16.6. The Labute approximate surface area is 323 Å². The first-order valence-electron chi connectivity index (χ1n) is 18.0. The number of aliphatic imine (C=N–C) groups is 1. The molecule has 0 spiro atoms. The van der Waals surface area contributed by atoms with Crippen LogP contribution in [0.25, 0.3) is 11.2 Å². The van der Waals surface area contributed by atoms with Crippen LogP contribution in [0.4, 0.5) is 17.6 Å². The number of nitrogens with one attached hydrogen (secondary N) is 1. The van der Waals surface area contributed by atoms with E-state index < -0.39 is 29.6 Å². The van der Waals surface area contributed by atoms with Gasteiger partial charge in [0.25, 0.3) is 5.56 Å². The van der Waals surface area contributed by atoms with Crippen LogP contribution in [-0.2, 0) is 19.9 Å². The van der Waals surface area contributed by atoms with Crippen molar-refractivity contribution in [1.29, 1.82) is 0 Å². The van der Waals surface area contributed by atoms with E-state index >= 15 is 0 Å². The summed E-state index contributed by atoms with van der Waals surface area (Å²) in [6.45, 7) is 1.34. The first-order valence-corrected chi connectivity index (χ1v) is 18.0. The van der Waals surface area contributed by atoms with Crippen molar-refractivity contribution in [2.24, 2.45) is 4.99 Å². The summed E-state index contributed by atoms with van der Waals surface area (Å²) in [5, 5.41) is 11.7. The van der Waals surface area contributed by atoms with E-state index in [1.165, 1.54) is 18.2 Å². The molecule has 14 heteroatoms.